The van der Waals surface area contributed by atoms with Gasteiger partial charge in [-0.3, -0.25) is 0 Å². The normalized spacial score (nSPS) is 11.2. The van der Waals surface area contributed by atoms with E-state index in [1.165, 1.54) is 0 Å². The molecule has 0 aliphatic carbocycles. The summed E-state index contributed by atoms with van der Waals surface area (Å²) >= 11 is 0.000417. The van der Waals surface area contributed by atoms with E-state index in [0.717, 1.165) is 24.4 Å². The molecular formula is C9H16O2Se. The van der Waals surface area contributed by atoms with Gasteiger partial charge >= 0.3 is 79.9 Å². The molecule has 0 atom stereocenters. The molecule has 0 radical (unpaired) electrons. The van der Waals surface area contributed by atoms with Gasteiger partial charge in [-0.2, -0.15) is 0 Å². The van der Waals surface area contributed by atoms with Gasteiger partial charge in [0.2, 0.25) is 0 Å². The zero-order valence-electron chi connectivity index (χ0n) is 7.92. The first kappa shape index (κ1) is 11.9. The summed E-state index contributed by atoms with van der Waals surface area (Å²) in [6.07, 6.45) is 2.97. The number of hydrogen-bond acceptors (Lipinski definition) is 2. The minimum atomic E-state index is -0.742. The molecule has 0 saturated carbocycles. The number of rotatable bonds is 6. The van der Waals surface area contributed by atoms with Crippen molar-refractivity contribution in [3.05, 3.63) is 0 Å². The fraction of sp³-hybridized carbons (Fsp3) is 0.778. The molecule has 0 aromatic rings. The van der Waals surface area contributed by atoms with E-state index in [4.69, 9.17) is 0 Å². The molecule has 0 saturated heterocycles. The maximum atomic E-state index is 11.4. The molecule has 0 aliphatic rings. The Kier molecular flexibility index (Phi) is 5.43. The van der Waals surface area contributed by atoms with Gasteiger partial charge in [0, 0.05) is 0 Å². The maximum absolute atomic E-state index is 11.4. The van der Waals surface area contributed by atoms with Crippen LogP contribution in [0.4, 0.5) is 0 Å². The van der Waals surface area contributed by atoms with Crippen LogP contribution in [-0.4, -0.2) is 25.9 Å². The molecule has 0 amide bonds. The molecule has 0 aromatic carbocycles. The third-order valence-corrected chi connectivity index (χ3v) is 4.24. The second-order valence-corrected chi connectivity index (χ2v) is 5.57. The Hall–Kier alpha value is -0.141. The van der Waals surface area contributed by atoms with Gasteiger partial charge in [-0.15, -0.1) is 0 Å². The average molecular weight is 235 g/mol. The van der Waals surface area contributed by atoms with E-state index in [2.05, 4.69) is 6.92 Å². The fourth-order valence-corrected chi connectivity index (χ4v) is 2.72. The molecule has 0 fully saturated rings. The topological polar surface area (TPSA) is 34.1 Å². The van der Waals surface area contributed by atoms with Crippen molar-refractivity contribution in [2.75, 3.05) is 0 Å². The Morgan fingerprint density at radius 3 is 2.50 bits per heavy atom. The molecule has 0 aromatic heterocycles. The van der Waals surface area contributed by atoms with Gasteiger partial charge in [-0.25, -0.2) is 0 Å². The van der Waals surface area contributed by atoms with Crippen molar-refractivity contribution in [3.8, 4) is 0 Å². The Morgan fingerprint density at radius 2 is 2.08 bits per heavy atom. The van der Waals surface area contributed by atoms with Crippen molar-refractivity contribution in [1.29, 1.82) is 0 Å². The standard InChI is InChI=1S/C9H16O2Se/c1-4-5-6-12-8(11)9(2,3)7-10/h7H,4-6H2,1-3H3. The van der Waals surface area contributed by atoms with Crippen LogP contribution in [0, 0.1) is 5.41 Å². The number of carbonyl (C=O) groups is 2. The number of unbranched alkanes of at least 4 members (excludes halogenated alkanes) is 1. The zero-order chi connectivity index (χ0) is 9.61. The SMILES string of the molecule is CCCC[Se]C(=O)C(C)(C)C=O. The van der Waals surface area contributed by atoms with E-state index in [0.29, 0.717) is 0 Å². The van der Waals surface area contributed by atoms with E-state index in [-0.39, 0.29) is 19.6 Å². The molecule has 0 heterocycles. The first-order chi connectivity index (χ1) is 5.54. The van der Waals surface area contributed by atoms with E-state index in [1.54, 1.807) is 13.8 Å². The second kappa shape index (κ2) is 5.50. The van der Waals surface area contributed by atoms with Crippen molar-refractivity contribution in [3.63, 3.8) is 0 Å². The predicted molar refractivity (Wildman–Crippen MR) is 50.3 cm³/mol. The monoisotopic (exact) mass is 236 g/mol. The molecule has 0 spiro atoms. The third-order valence-electron chi connectivity index (χ3n) is 1.55. The average Bonchev–Trinajstić information content (AvgIpc) is 2.05. The Balaban J connectivity index is 3.79. The summed E-state index contributed by atoms with van der Waals surface area (Å²) in [5.74, 6) is 0. The Labute approximate surface area is 80.3 Å². The molecule has 0 aliphatic heterocycles. The van der Waals surface area contributed by atoms with Crippen molar-refractivity contribution >= 4 is 25.9 Å². The first-order valence-electron chi connectivity index (χ1n) is 4.18. The summed E-state index contributed by atoms with van der Waals surface area (Å²) in [7, 11) is 0. The van der Waals surface area contributed by atoms with E-state index >= 15 is 0 Å². The van der Waals surface area contributed by atoms with Gasteiger partial charge in [0.05, 0.1) is 0 Å². The minimum absolute atomic E-state index is 0.000417. The molecule has 0 rings (SSSR count). The van der Waals surface area contributed by atoms with E-state index in [1.807, 2.05) is 0 Å². The van der Waals surface area contributed by atoms with E-state index in [9.17, 15) is 9.59 Å². The second-order valence-electron chi connectivity index (χ2n) is 3.33. The van der Waals surface area contributed by atoms with Crippen LogP contribution in [-0.2, 0) is 9.59 Å². The number of aldehydes is 1. The van der Waals surface area contributed by atoms with Gasteiger partial charge in [-0.1, -0.05) is 0 Å². The zero-order valence-corrected chi connectivity index (χ0v) is 9.64. The van der Waals surface area contributed by atoms with Gasteiger partial charge in [0.25, 0.3) is 0 Å². The van der Waals surface area contributed by atoms with Crippen molar-refractivity contribution in [1.82, 2.24) is 0 Å². The first-order valence-corrected chi connectivity index (χ1v) is 6.25. The quantitative estimate of drug-likeness (QED) is 0.303. The van der Waals surface area contributed by atoms with Crippen molar-refractivity contribution in [2.24, 2.45) is 5.41 Å². The van der Waals surface area contributed by atoms with E-state index < -0.39 is 5.41 Å². The van der Waals surface area contributed by atoms with Crippen LogP contribution < -0.4 is 0 Å². The molecular weight excluding hydrogens is 219 g/mol. The van der Waals surface area contributed by atoms with Crippen LogP contribution in [0.3, 0.4) is 0 Å². The molecule has 0 unspecified atom stereocenters. The van der Waals surface area contributed by atoms with Crippen molar-refractivity contribution < 1.29 is 9.59 Å². The predicted octanol–water partition coefficient (Wildman–Crippen LogP) is 1.66. The summed E-state index contributed by atoms with van der Waals surface area (Å²) in [4.78, 5) is 21.9. The van der Waals surface area contributed by atoms with Gasteiger partial charge in [0.15, 0.2) is 0 Å². The summed E-state index contributed by atoms with van der Waals surface area (Å²) < 4.78 is 0.124. The Morgan fingerprint density at radius 1 is 1.50 bits per heavy atom. The molecule has 3 heteroatoms. The summed E-state index contributed by atoms with van der Waals surface area (Å²) in [5.41, 5.74) is -0.742. The molecule has 0 N–H and O–H groups in total. The van der Waals surface area contributed by atoms with Crippen LogP contribution in [0.1, 0.15) is 33.6 Å². The summed E-state index contributed by atoms with van der Waals surface area (Å²) in [6, 6.07) is 0. The molecule has 12 heavy (non-hydrogen) atoms. The Bertz CT molecular complexity index is 164. The van der Waals surface area contributed by atoms with Gasteiger partial charge in [-0.05, 0) is 0 Å². The van der Waals surface area contributed by atoms with Gasteiger partial charge < -0.3 is 0 Å². The summed E-state index contributed by atoms with van der Waals surface area (Å²) in [6.45, 7) is 5.48. The van der Waals surface area contributed by atoms with Crippen LogP contribution in [0.15, 0.2) is 0 Å². The number of hydrogen-bond donors (Lipinski definition) is 0. The number of carbonyl (C=O) groups excluding carboxylic acids is 2. The van der Waals surface area contributed by atoms with Gasteiger partial charge in [0.1, 0.15) is 0 Å². The fourth-order valence-electron chi connectivity index (χ4n) is 0.543. The molecule has 0 bridgehead atoms. The van der Waals surface area contributed by atoms with Crippen molar-refractivity contribution in [2.45, 2.75) is 38.9 Å². The van der Waals surface area contributed by atoms with Crippen LogP contribution >= 0.6 is 0 Å². The van der Waals surface area contributed by atoms with Crippen LogP contribution in [0.2, 0.25) is 5.32 Å². The summed E-state index contributed by atoms with van der Waals surface area (Å²) in [5, 5.41) is 0.972. The third kappa shape index (κ3) is 4.03. The molecule has 2 nitrogen and oxygen atoms in total. The van der Waals surface area contributed by atoms with Crippen LogP contribution in [0.25, 0.3) is 0 Å². The molecule has 70 valence electrons. The van der Waals surface area contributed by atoms with Crippen LogP contribution in [0.5, 0.6) is 0 Å².